The van der Waals surface area contributed by atoms with E-state index in [9.17, 15) is 8.78 Å². The van der Waals surface area contributed by atoms with Crippen LogP contribution >= 0.6 is 0 Å². The molecular weight excluding hydrogens is 422 g/mol. The predicted molar refractivity (Wildman–Crippen MR) is 139 cm³/mol. The molecule has 2 unspecified atom stereocenters. The molecule has 0 heterocycles. The summed E-state index contributed by atoms with van der Waals surface area (Å²) < 4.78 is 27.9. The maximum absolute atomic E-state index is 14.1. The van der Waals surface area contributed by atoms with E-state index >= 15 is 0 Å². The van der Waals surface area contributed by atoms with Crippen molar-refractivity contribution in [2.45, 2.75) is 84.0 Å². The molecule has 0 radical (unpaired) electrons. The Balaban J connectivity index is 1.26. The Kier molecular flexibility index (Phi) is 8.75. The van der Waals surface area contributed by atoms with E-state index in [1.54, 1.807) is 19.1 Å². The molecule has 0 spiro atoms. The van der Waals surface area contributed by atoms with Gasteiger partial charge in [0, 0.05) is 5.92 Å². The lowest BCUT2D eigenvalue weighted by atomic mass is 9.79. The lowest BCUT2D eigenvalue weighted by Crippen LogP contribution is -2.13. The second-order valence-corrected chi connectivity index (χ2v) is 10.6. The van der Waals surface area contributed by atoms with Gasteiger partial charge in [-0.25, -0.2) is 8.78 Å². The molecule has 0 aliphatic heterocycles. The molecule has 2 atom stereocenters. The summed E-state index contributed by atoms with van der Waals surface area (Å²) in [5.74, 6) is 1.40. The third kappa shape index (κ3) is 6.46. The summed E-state index contributed by atoms with van der Waals surface area (Å²) in [6, 6.07) is 12.1. The van der Waals surface area contributed by atoms with Gasteiger partial charge in [-0.2, -0.15) is 0 Å². The molecule has 0 nitrogen and oxygen atoms in total. The monoisotopic (exact) mass is 462 g/mol. The van der Waals surface area contributed by atoms with Crippen LogP contribution in [-0.2, 0) is 12.8 Å². The van der Waals surface area contributed by atoms with Gasteiger partial charge in [0.15, 0.2) is 11.6 Å². The van der Waals surface area contributed by atoms with E-state index in [2.05, 4.69) is 55.5 Å². The molecule has 1 saturated carbocycles. The van der Waals surface area contributed by atoms with Crippen LogP contribution in [0.15, 0.2) is 60.7 Å². The van der Waals surface area contributed by atoms with Crippen molar-refractivity contribution < 1.29 is 8.78 Å². The van der Waals surface area contributed by atoms with Crippen LogP contribution in [0.1, 0.15) is 86.5 Å². The van der Waals surface area contributed by atoms with Gasteiger partial charge in [0.1, 0.15) is 0 Å². The van der Waals surface area contributed by atoms with E-state index in [1.165, 1.54) is 62.5 Å². The average Bonchev–Trinajstić information content (AvgIpc) is 2.87. The van der Waals surface area contributed by atoms with Gasteiger partial charge in [-0.05, 0) is 98.3 Å². The summed E-state index contributed by atoms with van der Waals surface area (Å²) in [5, 5.41) is 0. The molecular formula is C32H40F2. The SMILES string of the molecule is CCCC1CCC(/C=C/C2C=CC(c3ccc(CCc4ccc(C)c(F)c4F)cc3)CC2)CC1. The zero-order valence-corrected chi connectivity index (χ0v) is 20.9. The van der Waals surface area contributed by atoms with Crippen molar-refractivity contribution in [2.24, 2.45) is 17.8 Å². The van der Waals surface area contributed by atoms with Crippen molar-refractivity contribution in [3.8, 4) is 0 Å². The van der Waals surface area contributed by atoms with Gasteiger partial charge < -0.3 is 0 Å². The van der Waals surface area contributed by atoms with Gasteiger partial charge in [-0.15, -0.1) is 0 Å². The van der Waals surface area contributed by atoms with Crippen LogP contribution in [0.4, 0.5) is 8.78 Å². The number of benzene rings is 2. The molecule has 34 heavy (non-hydrogen) atoms. The fourth-order valence-corrected chi connectivity index (χ4v) is 5.75. The van der Waals surface area contributed by atoms with Crippen LogP contribution in [0.25, 0.3) is 0 Å². The third-order valence-electron chi connectivity index (χ3n) is 8.07. The second kappa shape index (κ2) is 12.0. The van der Waals surface area contributed by atoms with Crippen LogP contribution in [0.3, 0.4) is 0 Å². The van der Waals surface area contributed by atoms with E-state index < -0.39 is 11.6 Å². The minimum Gasteiger partial charge on any atom is -0.203 e. The standard InChI is InChI=1S/C32H40F2/c1-3-4-24-6-8-25(9-7-24)10-11-26-12-18-28(19-13-26)29-20-14-27(15-21-29)16-22-30-17-5-23(2)31(33)32(30)34/h5,10-12,14-15,17-18,20-21,24-26,28H,3-4,6-9,13,16,19,22H2,1-2H3/b11-10+. The van der Waals surface area contributed by atoms with E-state index in [0.29, 0.717) is 35.8 Å². The van der Waals surface area contributed by atoms with Gasteiger partial charge >= 0.3 is 0 Å². The first-order chi connectivity index (χ1) is 16.5. The third-order valence-corrected chi connectivity index (χ3v) is 8.07. The molecule has 2 heteroatoms. The van der Waals surface area contributed by atoms with Crippen molar-refractivity contribution in [3.63, 3.8) is 0 Å². The fourth-order valence-electron chi connectivity index (χ4n) is 5.75. The van der Waals surface area contributed by atoms with Crippen molar-refractivity contribution in [1.82, 2.24) is 0 Å². The normalized spacial score (nSPS) is 25.2. The van der Waals surface area contributed by atoms with Crippen molar-refractivity contribution >= 4 is 0 Å². The minimum absolute atomic E-state index is 0.360. The second-order valence-electron chi connectivity index (χ2n) is 10.6. The Morgan fingerprint density at radius 1 is 0.794 bits per heavy atom. The molecule has 182 valence electrons. The Labute approximate surface area is 205 Å². The highest BCUT2D eigenvalue weighted by Gasteiger charge is 2.20. The lowest BCUT2D eigenvalue weighted by Gasteiger charge is -2.27. The molecule has 0 N–H and O–H groups in total. The van der Waals surface area contributed by atoms with Crippen LogP contribution in [0, 0.1) is 36.3 Å². The molecule has 0 bridgehead atoms. The highest BCUT2D eigenvalue weighted by molar-refractivity contribution is 5.31. The zero-order valence-electron chi connectivity index (χ0n) is 20.9. The van der Waals surface area contributed by atoms with E-state index in [4.69, 9.17) is 0 Å². The maximum atomic E-state index is 14.1. The van der Waals surface area contributed by atoms with E-state index in [-0.39, 0.29) is 0 Å². The summed E-state index contributed by atoms with van der Waals surface area (Å²) in [6.45, 7) is 3.90. The molecule has 2 aromatic rings. The molecule has 1 fully saturated rings. The molecule has 0 amide bonds. The van der Waals surface area contributed by atoms with Gasteiger partial charge in [-0.3, -0.25) is 0 Å². The smallest absolute Gasteiger partial charge is 0.162 e. The average molecular weight is 463 g/mol. The van der Waals surface area contributed by atoms with Crippen LogP contribution in [0.2, 0.25) is 0 Å². The van der Waals surface area contributed by atoms with Crippen LogP contribution < -0.4 is 0 Å². The molecule has 2 aromatic carbocycles. The summed E-state index contributed by atoms with van der Waals surface area (Å²) in [4.78, 5) is 0. The molecule has 2 aliphatic rings. The fraction of sp³-hybridized carbons (Fsp3) is 0.500. The van der Waals surface area contributed by atoms with Gasteiger partial charge in [-0.1, -0.05) is 80.5 Å². The van der Waals surface area contributed by atoms with Gasteiger partial charge in [0.2, 0.25) is 0 Å². The minimum atomic E-state index is -0.718. The zero-order chi connectivity index (χ0) is 23.9. The quantitative estimate of drug-likeness (QED) is 0.343. The maximum Gasteiger partial charge on any atom is 0.162 e. The Hall–Kier alpha value is -2.22. The Bertz CT molecular complexity index is 977. The lowest BCUT2D eigenvalue weighted by molar-refractivity contribution is 0.293. The predicted octanol–water partition coefficient (Wildman–Crippen LogP) is 9.27. The number of hydrogen-bond acceptors (Lipinski definition) is 0. The number of aryl methyl sites for hydroxylation is 3. The summed E-state index contributed by atoms with van der Waals surface area (Å²) in [6.07, 6.45) is 21.7. The summed E-state index contributed by atoms with van der Waals surface area (Å²) in [5.41, 5.74) is 3.33. The first-order valence-electron chi connectivity index (χ1n) is 13.4. The number of rotatable bonds is 8. The number of allylic oxidation sites excluding steroid dienone is 4. The highest BCUT2D eigenvalue weighted by atomic mass is 19.2. The molecule has 0 aromatic heterocycles. The van der Waals surface area contributed by atoms with Crippen molar-refractivity contribution in [2.75, 3.05) is 0 Å². The number of hydrogen-bond donors (Lipinski definition) is 0. The van der Waals surface area contributed by atoms with E-state index in [1.807, 2.05) is 0 Å². The number of halogens is 2. The van der Waals surface area contributed by atoms with Crippen molar-refractivity contribution in [1.29, 1.82) is 0 Å². The molecule has 2 aliphatic carbocycles. The highest BCUT2D eigenvalue weighted by Crippen LogP contribution is 2.34. The van der Waals surface area contributed by atoms with E-state index in [0.717, 1.165) is 11.8 Å². The van der Waals surface area contributed by atoms with Gasteiger partial charge in [0.25, 0.3) is 0 Å². The van der Waals surface area contributed by atoms with Crippen LogP contribution in [-0.4, -0.2) is 0 Å². The van der Waals surface area contributed by atoms with Gasteiger partial charge in [0.05, 0.1) is 0 Å². The Morgan fingerprint density at radius 3 is 2.24 bits per heavy atom. The van der Waals surface area contributed by atoms with Crippen molar-refractivity contribution in [3.05, 3.63) is 94.6 Å². The first kappa shape index (κ1) is 24.9. The molecule has 0 saturated heterocycles. The van der Waals surface area contributed by atoms with Crippen LogP contribution in [0.5, 0.6) is 0 Å². The largest absolute Gasteiger partial charge is 0.203 e. The summed E-state index contributed by atoms with van der Waals surface area (Å²) in [7, 11) is 0. The first-order valence-corrected chi connectivity index (χ1v) is 13.4. The summed E-state index contributed by atoms with van der Waals surface area (Å²) >= 11 is 0. The molecule has 4 rings (SSSR count). The Morgan fingerprint density at radius 2 is 1.56 bits per heavy atom. The topological polar surface area (TPSA) is 0 Å².